The van der Waals surface area contributed by atoms with Gasteiger partial charge in [-0.3, -0.25) is 4.90 Å². The Morgan fingerprint density at radius 2 is 2.35 bits per heavy atom. The summed E-state index contributed by atoms with van der Waals surface area (Å²) in [6, 6.07) is 0.576. The smallest absolute Gasteiger partial charge is 0.188 e. The largest absolute Gasteiger partial charge is 0.317 e. The average Bonchev–Trinajstić information content (AvgIpc) is 2.74. The van der Waals surface area contributed by atoms with Gasteiger partial charge in [0.05, 0.1) is 13.6 Å². The molecule has 6 heteroatoms. The van der Waals surface area contributed by atoms with Crippen molar-refractivity contribution in [3.8, 4) is 0 Å². The molecule has 0 radical (unpaired) electrons. The molecule has 1 N–H and O–H groups in total. The molecule has 17 heavy (non-hydrogen) atoms. The predicted octanol–water partition coefficient (Wildman–Crippen LogP) is 0.0300. The van der Waals surface area contributed by atoms with Crippen molar-refractivity contribution in [1.82, 2.24) is 30.4 Å². The lowest BCUT2D eigenvalue weighted by Crippen LogP contribution is -2.43. The van der Waals surface area contributed by atoms with Crippen molar-refractivity contribution < 1.29 is 0 Å². The van der Waals surface area contributed by atoms with Crippen molar-refractivity contribution in [3.63, 3.8) is 0 Å². The number of nitrogens with zero attached hydrogens (tertiary/aromatic N) is 5. The van der Waals surface area contributed by atoms with Crippen LogP contribution in [0.2, 0.25) is 0 Å². The van der Waals surface area contributed by atoms with E-state index in [4.69, 9.17) is 0 Å². The van der Waals surface area contributed by atoms with E-state index in [1.165, 1.54) is 17.6 Å². The van der Waals surface area contributed by atoms with Crippen molar-refractivity contribution in [3.05, 3.63) is 5.82 Å². The maximum atomic E-state index is 4.23. The monoisotopic (exact) mass is 238 g/mol. The molecule has 0 spiro atoms. The summed E-state index contributed by atoms with van der Waals surface area (Å²) in [6.45, 7) is 5.35. The number of aryl methyl sites for hydroxylation is 1. The molecule has 1 aliphatic heterocycles. The Bertz CT molecular complexity index is 349. The van der Waals surface area contributed by atoms with Crippen molar-refractivity contribution >= 4 is 0 Å². The maximum absolute atomic E-state index is 4.23. The van der Waals surface area contributed by atoms with Gasteiger partial charge in [0, 0.05) is 12.6 Å². The summed E-state index contributed by atoms with van der Waals surface area (Å²) in [7, 11) is 3.84. The van der Waals surface area contributed by atoms with Gasteiger partial charge in [-0.15, -0.1) is 10.2 Å². The zero-order valence-corrected chi connectivity index (χ0v) is 10.9. The first kappa shape index (κ1) is 12.4. The molecule has 0 bridgehead atoms. The molecule has 1 aromatic rings. The Kier molecular flexibility index (Phi) is 4.06. The van der Waals surface area contributed by atoms with Crippen LogP contribution in [0, 0.1) is 5.92 Å². The van der Waals surface area contributed by atoms with E-state index in [1.807, 2.05) is 7.05 Å². The third-order valence-electron chi connectivity index (χ3n) is 3.62. The first-order chi connectivity index (χ1) is 8.19. The zero-order chi connectivity index (χ0) is 12.3. The SMILES string of the molecule is CNC(C)C1CCCN(Cc2nnn(C)n2)C1. The standard InChI is InChI=1S/C11H22N6/c1-9(12-2)10-5-4-6-17(7-10)8-11-13-15-16(3)14-11/h9-10,12H,4-8H2,1-3H3. The molecule has 1 fully saturated rings. The summed E-state index contributed by atoms with van der Waals surface area (Å²) in [4.78, 5) is 3.95. The van der Waals surface area contributed by atoms with Gasteiger partial charge in [0.15, 0.2) is 5.82 Å². The summed E-state index contributed by atoms with van der Waals surface area (Å²) in [6.07, 6.45) is 2.57. The van der Waals surface area contributed by atoms with Gasteiger partial charge in [-0.1, -0.05) is 0 Å². The van der Waals surface area contributed by atoms with E-state index < -0.39 is 0 Å². The number of hydrogen-bond acceptors (Lipinski definition) is 5. The van der Waals surface area contributed by atoms with Gasteiger partial charge in [-0.05, 0) is 44.5 Å². The summed E-state index contributed by atoms with van der Waals surface area (Å²) >= 11 is 0. The van der Waals surface area contributed by atoms with Crippen molar-refractivity contribution in [2.75, 3.05) is 20.1 Å². The van der Waals surface area contributed by atoms with Crippen LogP contribution in [0.3, 0.4) is 0 Å². The predicted molar refractivity (Wildman–Crippen MR) is 65.3 cm³/mol. The fourth-order valence-electron chi connectivity index (χ4n) is 2.47. The zero-order valence-electron chi connectivity index (χ0n) is 10.9. The third kappa shape index (κ3) is 3.23. The number of hydrogen-bond donors (Lipinski definition) is 1. The highest BCUT2D eigenvalue weighted by molar-refractivity contribution is 4.83. The number of likely N-dealkylation sites (tertiary alicyclic amines) is 1. The summed E-state index contributed by atoms with van der Waals surface area (Å²) in [5, 5.41) is 15.5. The lowest BCUT2D eigenvalue weighted by Gasteiger charge is -2.35. The summed E-state index contributed by atoms with van der Waals surface area (Å²) < 4.78 is 0. The fraction of sp³-hybridized carbons (Fsp3) is 0.909. The Hall–Kier alpha value is -1.01. The second kappa shape index (κ2) is 5.55. The normalized spacial score (nSPS) is 23.8. The van der Waals surface area contributed by atoms with Crippen molar-refractivity contribution in [1.29, 1.82) is 0 Å². The van der Waals surface area contributed by atoms with Gasteiger partial charge in [0.25, 0.3) is 0 Å². The van der Waals surface area contributed by atoms with Crippen LogP contribution in [0.1, 0.15) is 25.6 Å². The van der Waals surface area contributed by atoms with Crippen molar-refractivity contribution in [2.24, 2.45) is 13.0 Å². The second-order valence-corrected chi connectivity index (χ2v) is 4.91. The first-order valence-electron chi connectivity index (χ1n) is 6.31. The minimum Gasteiger partial charge on any atom is -0.317 e. The van der Waals surface area contributed by atoms with Crippen LogP contribution in [-0.4, -0.2) is 51.3 Å². The van der Waals surface area contributed by atoms with Crippen LogP contribution in [-0.2, 0) is 13.6 Å². The van der Waals surface area contributed by atoms with E-state index >= 15 is 0 Å². The van der Waals surface area contributed by atoms with E-state index in [0.29, 0.717) is 6.04 Å². The van der Waals surface area contributed by atoms with Crippen LogP contribution in [0.5, 0.6) is 0 Å². The lowest BCUT2D eigenvalue weighted by atomic mass is 9.92. The topological polar surface area (TPSA) is 58.9 Å². The molecule has 96 valence electrons. The van der Waals surface area contributed by atoms with Crippen LogP contribution in [0.15, 0.2) is 0 Å². The molecule has 2 unspecified atom stereocenters. The number of aromatic nitrogens is 4. The summed E-state index contributed by atoms with van der Waals surface area (Å²) in [5.41, 5.74) is 0. The minimum atomic E-state index is 0.576. The molecule has 0 amide bonds. The fourth-order valence-corrected chi connectivity index (χ4v) is 2.47. The van der Waals surface area contributed by atoms with Gasteiger partial charge in [-0.2, -0.15) is 4.80 Å². The highest BCUT2D eigenvalue weighted by atomic mass is 15.6. The molecular formula is C11H22N6. The Morgan fingerprint density at radius 3 is 3.00 bits per heavy atom. The number of tetrazole rings is 1. The Morgan fingerprint density at radius 1 is 1.53 bits per heavy atom. The van der Waals surface area contributed by atoms with Crippen LogP contribution in [0.25, 0.3) is 0 Å². The first-order valence-corrected chi connectivity index (χ1v) is 6.31. The van der Waals surface area contributed by atoms with Crippen LogP contribution >= 0.6 is 0 Å². The van der Waals surface area contributed by atoms with E-state index in [1.54, 1.807) is 7.05 Å². The molecule has 6 nitrogen and oxygen atoms in total. The van der Waals surface area contributed by atoms with Gasteiger partial charge < -0.3 is 5.32 Å². The minimum absolute atomic E-state index is 0.576. The molecule has 0 saturated carbocycles. The third-order valence-corrected chi connectivity index (χ3v) is 3.62. The van der Waals surface area contributed by atoms with Gasteiger partial charge in [0.2, 0.25) is 0 Å². The van der Waals surface area contributed by atoms with E-state index in [-0.39, 0.29) is 0 Å². The van der Waals surface area contributed by atoms with E-state index in [2.05, 4.69) is 32.6 Å². The van der Waals surface area contributed by atoms with Gasteiger partial charge in [0.1, 0.15) is 0 Å². The summed E-state index contributed by atoms with van der Waals surface area (Å²) in [5.74, 6) is 1.55. The highest BCUT2D eigenvalue weighted by Gasteiger charge is 2.24. The molecule has 0 aliphatic carbocycles. The lowest BCUT2D eigenvalue weighted by molar-refractivity contribution is 0.144. The van der Waals surface area contributed by atoms with E-state index in [9.17, 15) is 0 Å². The Balaban J connectivity index is 1.89. The molecular weight excluding hydrogens is 216 g/mol. The molecule has 1 aliphatic rings. The highest BCUT2D eigenvalue weighted by Crippen LogP contribution is 2.20. The van der Waals surface area contributed by atoms with Gasteiger partial charge >= 0.3 is 0 Å². The van der Waals surface area contributed by atoms with Crippen molar-refractivity contribution in [2.45, 2.75) is 32.4 Å². The molecule has 1 saturated heterocycles. The molecule has 0 aromatic carbocycles. The second-order valence-electron chi connectivity index (χ2n) is 4.91. The molecule has 2 heterocycles. The van der Waals surface area contributed by atoms with Gasteiger partial charge in [-0.25, -0.2) is 0 Å². The molecule has 2 atom stereocenters. The van der Waals surface area contributed by atoms with Crippen LogP contribution in [0.4, 0.5) is 0 Å². The number of piperidine rings is 1. The quantitative estimate of drug-likeness (QED) is 0.802. The molecule has 2 rings (SSSR count). The number of nitrogens with one attached hydrogen (secondary N) is 1. The maximum Gasteiger partial charge on any atom is 0.188 e. The Labute approximate surface area is 102 Å². The molecule has 1 aromatic heterocycles. The van der Waals surface area contributed by atoms with Crippen LogP contribution < -0.4 is 5.32 Å². The average molecular weight is 238 g/mol. The number of rotatable bonds is 4. The van der Waals surface area contributed by atoms with E-state index in [0.717, 1.165) is 31.4 Å².